The number of halogens is 1. The summed E-state index contributed by atoms with van der Waals surface area (Å²) in [5.74, 6) is 1.82. The molecule has 3 aromatic rings. The summed E-state index contributed by atoms with van der Waals surface area (Å²) in [7, 11) is 3.62. The van der Waals surface area contributed by atoms with Gasteiger partial charge in [-0.05, 0) is 48.5 Å². The first-order valence-corrected chi connectivity index (χ1v) is 10.2. The van der Waals surface area contributed by atoms with Crippen molar-refractivity contribution in [2.75, 3.05) is 32.6 Å². The first-order valence-electron chi connectivity index (χ1n) is 9.82. The minimum Gasteiger partial charge on any atom is -0.454 e. The van der Waals surface area contributed by atoms with Gasteiger partial charge in [-0.25, -0.2) is 4.99 Å². The molecule has 3 aromatic carbocycles. The van der Waals surface area contributed by atoms with E-state index in [1.807, 2.05) is 54.4 Å². The maximum atomic E-state index is 12.7. The summed E-state index contributed by atoms with van der Waals surface area (Å²) in [6, 6.07) is 20.0. The number of aliphatic imine (C=N–C) groups is 1. The lowest BCUT2D eigenvalue weighted by Gasteiger charge is -2.22. The number of para-hydroxylation sites is 2. The van der Waals surface area contributed by atoms with E-state index in [1.54, 1.807) is 31.4 Å². The summed E-state index contributed by atoms with van der Waals surface area (Å²) >= 11 is 6.02. The van der Waals surface area contributed by atoms with Crippen molar-refractivity contribution in [3.8, 4) is 11.5 Å². The van der Waals surface area contributed by atoms with Gasteiger partial charge in [-0.15, -0.1) is 0 Å². The molecule has 1 aliphatic rings. The molecular weight excluding hydrogens is 414 g/mol. The molecule has 0 unspecified atom stereocenters. The molecule has 0 atom stereocenters. The second-order valence-corrected chi connectivity index (χ2v) is 7.53. The summed E-state index contributed by atoms with van der Waals surface area (Å²) in [5.41, 5.74) is 2.63. The van der Waals surface area contributed by atoms with Crippen LogP contribution in [0.4, 0.5) is 11.4 Å². The maximum absolute atomic E-state index is 12.7. The van der Waals surface area contributed by atoms with Gasteiger partial charge in [0.2, 0.25) is 0 Å². The van der Waals surface area contributed by atoms with Crippen LogP contribution in [-0.4, -0.2) is 44.0 Å². The van der Waals surface area contributed by atoms with Crippen LogP contribution in [0.15, 0.2) is 71.7 Å². The van der Waals surface area contributed by atoms with Gasteiger partial charge in [0.05, 0.1) is 12.2 Å². The number of nitrogens with one attached hydrogen (secondary N) is 1. The summed E-state index contributed by atoms with van der Waals surface area (Å²) in [6.07, 6.45) is 0. The fourth-order valence-electron chi connectivity index (χ4n) is 3.26. The van der Waals surface area contributed by atoms with E-state index in [2.05, 4.69) is 5.32 Å². The second-order valence-electron chi connectivity index (χ2n) is 7.09. The van der Waals surface area contributed by atoms with Crippen LogP contribution >= 0.6 is 11.6 Å². The van der Waals surface area contributed by atoms with Crippen molar-refractivity contribution in [1.82, 2.24) is 4.90 Å². The van der Waals surface area contributed by atoms with Crippen molar-refractivity contribution in [2.45, 2.75) is 0 Å². The number of fused-ring (bicyclic) bond motifs is 2. The summed E-state index contributed by atoms with van der Waals surface area (Å²) in [4.78, 5) is 19.5. The zero-order chi connectivity index (χ0) is 21.8. The number of ether oxygens (including phenoxy) is 2. The van der Waals surface area contributed by atoms with Crippen molar-refractivity contribution in [1.29, 1.82) is 0 Å². The average Bonchev–Trinajstić information content (AvgIpc) is 2.94. The Kier molecular flexibility index (Phi) is 6.21. The molecule has 6 nitrogen and oxygen atoms in total. The molecule has 1 N–H and O–H groups in total. The normalized spacial score (nSPS) is 12.0. The molecule has 158 valence electrons. The van der Waals surface area contributed by atoms with Crippen molar-refractivity contribution in [3.05, 3.63) is 82.9 Å². The number of hydrogen-bond acceptors (Lipinski definition) is 5. The molecule has 0 saturated carbocycles. The Bertz CT molecular complexity index is 1150. The van der Waals surface area contributed by atoms with Gasteiger partial charge >= 0.3 is 0 Å². The number of likely N-dealkylation sites (N-methyl/N-ethyl adjacent to an activating group) is 1. The summed E-state index contributed by atoms with van der Waals surface area (Å²) in [5, 5.41) is 3.44. The largest absolute Gasteiger partial charge is 0.454 e. The molecule has 0 aromatic heterocycles. The van der Waals surface area contributed by atoms with E-state index in [9.17, 15) is 4.79 Å². The number of nitrogens with zero attached hydrogens (tertiary/aromatic N) is 2. The topological polar surface area (TPSA) is 63.2 Å². The predicted molar refractivity (Wildman–Crippen MR) is 123 cm³/mol. The van der Waals surface area contributed by atoms with Crippen molar-refractivity contribution < 1.29 is 14.3 Å². The number of carbonyl (C=O) groups is 1. The van der Waals surface area contributed by atoms with Gasteiger partial charge in [-0.3, -0.25) is 4.79 Å². The molecular formula is C24H22ClN3O3. The fraction of sp³-hybridized carbons (Fsp3) is 0.167. The second kappa shape index (κ2) is 9.20. The first kappa shape index (κ1) is 20.9. The minimum absolute atomic E-state index is 0.244. The highest BCUT2D eigenvalue weighted by Crippen LogP contribution is 2.38. The van der Waals surface area contributed by atoms with Crippen molar-refractivity contribution in [2.24, 2.45) is 4.99 Å². The number of benzene rings is 3. The van der Waals surface area contributed by atoms with E-state index in [4.69, 9.17) is 26.1 Å². The van der Waals surface area contributed by atoms with E-state index in [1.165, 1.54) is 0 Å². The van der Waals surface area contributed by atoms with Crippen LogP contribution in [0, 0.1) is 0 Å². The number of rotatable bonds is 5. The SMILES string of the molecule is COCCN(C)C1=Nc2ccccc2Oc2ccc(NC(=O)c3cccc(Cl)c3)cc21. The average molecular weight is 436 g/mol. The molecule has 4 rings (SSSR count). The van der Waals surface area contributed by atoms with Crippen LogP contribution in [0.3, 0.4) is 0 Å². The van der Waals surface area contributed by atoms with Crippen LogP contribution in [0.5, 0.6) is 11.5 Å². The lowest BCUT2D eigenvalue weighted by molar-refractivity contribution is 0.102. The summed E-state index contributed by atoms with van der Waals surface area (Å²) in [6.45, 7) is 1.20. The Balaban J connectivity index is 1.70. The Labute approximate surface area is 186 Å². The number of hydrogen-bond donors (Lipinski definition) is 1. The van der Waals surface area contributed by atoms with Gasteiger partial charge < -0.3 is 19.7 Å². The van der Waals surface area contributed by atoms with E-state index < -0.39 is 0 Å². The summed E-state index contributed by atoms with van der Waals surface area (Å²) < 4.78 is 11.4. The third kappa shape index (κ3) is 4.71. The van der Waals surface area contributed by atoms with E-state index in [0.717, 1.165) is 17.1 Å². The van der Waals surface area contributed by atoms with Gasteiger partial charge in [0.1, 0.15) is 17.3 Å². The number of carbonyl (C=O) groups excluding carboxylic acids is 1. The van der Waals surface area contributed by atoms with Crippen LogP contribution < -0.4 is 10.1 Å². The molecule has 1 amide bonds. The third-order valence-corrected chi connectivity index (χ3v) is 5.10. The van der Waals surface area contributed by atoms with Crippen molar-refractivity contribution >= 4 is 34.7 Å². The van der Waals surface area contributed by atoms with E-state index in [0.29, 0.717) is 40.9 Å². The monoisotopic (exact) mass is 435 g/mol. The highest BCUT2D eigenvalue weighted by molar-refractivity contribution is 6.31. The quantitative estimate of drug-likeness (QED) is 0.586. The van der Waals surface area contributed by atoms with Gasteiger partial charge in [-0.2, -0.15) is 0 Å². The van der Waals surface area contributed by atoms with Crippen LogP contribution in [0.25, 0.3) is 0 Å². The first-order chi connectivity index (χ1) is 15.0. The fourth-order valence-corrected chi connectivity index (χ4v) is 3.45. The van der Waals surface area contributed by atoms with E-state index in [-0.39, 0.29) is 5.91 Å². The molecule has 1 heterocycles. The van der Waals surface area contributed by atoms with Crippen LogP contribution in [-0.2, 0) is 4.74 Å². The number of methoxy groups -OCH3 is 1. The Morgan fingerprint density at radius 1 is 1.10 bits per heavy atom. The molecule has 0 radical (unpaired) electrons. The standard InChI is InChI=1S/C24H22ClN3O3/c1-28(12-13-30-2)23-19-15-18(26-24(29)16-6-5-7-17(25)14-16)10-11-21(19)31-22-9-4-3-8-20(22)27-23/h3-11,14-15H,12-13H2,1-2H3,(H,26,29). The lowest BCUT2D eigenvalue weighted by Crippen LogP contribution is -2.30. The number of anilines is 1. The minimum atomic E-state index is -0.244. The zero-order valence-corrected chi connectivity index (χ0v) is 18.0. The molecule has 0 spiro atoms. The molecule has 0 saturated heterocycles. The molecule has 1 aliphatic heterocycles. The Hall–Kier alpha value is -3.35. The molecule has 0 bridgehead atoms. The predicted octanol–water partition coefficient (Wildman–Crippen LogP) is 5.35. The molecule has 31 heavy (non-hydrogen) atoms. The van der Waals surface area contributed by atoms with Gasteiger partial charge in [0.15, 0.2) is 5.75 Å². The van der Waals surface area contributed by atoms with Gasteiger partial charge in [0.25, 0.3) is 5.91 Å². The molecule has 0 fully saturated rings. The number of amides is 1. The Morgan fingerprint density at radius 3 is 2.74 bits per heavy atom. The number of amidine groups is 1. The van der Waals surface area contributed by atoms with Crippen LogP contribution in [0.1, 0.15) is 15.9 Å². The van der Waals surface area contributed by atoms with Gasteiger partial charge in [0, 0.05) is 37.0 Å². The highest BCUT2D eigenvalue weighted by Gasteiger charge is 2.22. The molecule has 0 aliphatic carbocycles. The highest BCUT2D eigenvalue weighted by atomic mass is 35.5. The van der Waals surface area contributed by atoms with Gasteiger partial charge in [-0.1, -0.05) is 29.8 Å². The lowest BCUT2D eigenvalue weighted by atomic mass is 10.1. The zero-order valence-electron chi connectivity index (χ0n) is 17.3. The smallest absolute Gasteiger partial charge is 0.255 e. The third-order valence-electron chi connectivity index (χ3n) is 4.87. The van der Waals surface area contributed by atoms with Crippen molar-refractivity contribution in [3.63, 3.8) is 0 Å². The maximum Gasteiger partial charge on any atom is 0.255 e. The molecule has 7 heteroatoms. The van der Waals surface area contributed by atoms with Crippen LogP contribution in [0.2, 0.25) is 5.02 Å². The Morgan fingerprint density at radius 2 is 1.94 bits per heavy atom. The van der Waals surface area contributed by atoms with E-state index >= 15 is 0 Å².